The third-order valence-electron chi connectivity index (χ3n) is 2.06. The Morgan fingerprint density at radius 3 is 3.08 bits per heavy atom. The monoisotopic (exact) mass is 295 g/mol. The van der Waals surface area contributed by atoms with Gasteiger partial charge in [-0.2, -0.15) is 0 Å². The van der Waals surface area contributed by atoms with Gasteiger partial charge in [0.2, 0.25) is 0 Å². The molecule has 1 unspecified atom stereocenters. The van der Waals surface area contributed by atoms with Gasteiger partial charge in [-0.1, -0.05) is 12.2 Å². The topological polar surface area (TPSA) is 38.3 Å². The molecule has 1 atom stereocenters. The van der Waals surface area contributed by atoms with E-state index in [9.17, 15) is 4.79 Å². The van der Waals surface area contributed by atoms with Crippen LogP contribution in [0.4, 0.5) is 4.79 Å². The molecule has 0 aromatic rings. The number of hydrogen-bond donors (Lipinski definition) is 1. The summed E-state index contributed by atoms with van der Waals surface area (Å²) in [6.45, 7) is 0. The first-order chi connectivity index (χ1) is 6.33. The normalized spacial score (nSPS) is 25.5. The van der Waals surface area contributed by atoms with Gasteiger partial charge in [0, 0.05) is 6.42 Å². The van der Waals surface area contributed by atoms with Crippen molar-refractivity contribution in [3.63, 3.8) is 0 Å². The summed E-state index contributed by atoms with van der Waals surface area (Å²) in [7, 11) is 0. The van der Waals surface area contributed by atoms with Crippen molar-refractivity contribution in [2.45, 2.75) is 38.2 Å². The quantitative estimate of drug-likeness (QED) is 0.459. The van der Waals surface area contributed by atoms with E-state index < -0.39 is 0 Å². The summed E-state index contributed by atoms with van der Waals surface area (Å²) in [5, 5.41) is 0. The number of halogens is 1. The van der Waals surface area contributed by atoms with Crippen LogP contribution >= 0.6 is 22.9 Å². The third-order valence-corrected chi connectivity index (χ3v) is 2.50. The molecule has 13 heavy (non-hydrogen) atoms. The SMILES string of the molecule is O=C(NI)OC1C/C=C/CCCC1. The lowest BCUT2D eigenvalue weighted by molar-refractivity contribution is 0.0984. The first kappa shape index (κ1) is 10.8. The second kappa shape index (κ2) is 6.23. The molecule has 0 heterocycles. The molecule has 0 fully saturated rings. The van der Waals surface area contributed by atoms with E-state index >= 15 is 0 Å². The second-order valence-electron chi connectivity index (χ2n) is 3.11. The van der Waals surface area contributed by atoms with Gasteiger partial charge in [0.05, 0.1) is 22.9 Å². The number of hydrogen-bond acceptors (Lipinski definition) is 2. The van der Waals surface area contributed by atoms with E-state index in [-0.39, 0.29) is 12.2 Å². The van der Waals surface area contributed by atoms with Gasteiger partial charge in [-0.25, -0.2) is 4.79 Å². The van der Waals surface area contributed by atoms with E-state index in [0.29, 0.717) is 0 Å². The van der Waals surface area contributed by atoms with Crippen LogP contribution in [0.1, 0.15) is 32.1 Å². The van der Waals surface area contributed by atoms with E-state index in [1.54, 1.807) is 22.9 Å². The summed E-state index contributed by atoms with van der Waals surface area (Å²) >= 11 is 1.78. The lowest BCUT2D eigenvalue weighted by Gasteiger charge is -2.16. The molecular formula is C9H14INO2. The van der Waals surface area contributed by atoms with E-state index in [1.165, 1.54) is 6.42 Å². The van der Waals surface area contributed by atoms with Crippen molar-refractivity contribution in [2.24, 2.45) is 0 Å². The van der Waals surface area contributed by atoms with Crippen molar-refractivity contribution in [3.05, 3.63) is 12.2 Å². The molecule has 0 aromatic carbocycles. The Kier molecular flexibility index (Phi) is 5.19. The first-order valence-corrected chi connectivity index (χ1v) is 5.63. The fourth-order valence-corrected chi connectivity index (χ4v) is 1.53. The van der Waals surface area contributed by atoms with Gasteiger partial charge in [-0.3, -0.25) is 3.53 Å². The van der Waals surface area contributed by atoms with Crippen molar-refractivity contribution < 1.29 is 9.53 Å². The Morgan fingerprint density at radius 1 is 1.46 bits per heavy atom. The van der Waals surface area contributed by atoms with E-state index in [0.717, 1.165) is 25.7 Å². The van der Waals surface area contributed by atoms with Crippen LogP contribution < -0.4 is 3.53 Å². The van der Waals surface area contributed by atoms with Crippen molar-refractivity contribution in [1.29, 1.82) is 0 Å². The molecule has 4 heteroatoms. The number of carbonyl (C=O) groups excluding carboxylic acids is 1. The summed E-state index contributed by atoms with van der Waals surface area (Å²) in [5.41, 5.74) is 0. The van der Waals surface area contributed by atoms with Crippen LogP contribution in [0.15, 0.2) is 12.2 Å². The van der Waals surface area contributed by atoms with Gasteiger partial charge in [-0.05, 0) is 25.7 Å². The van der Waals surface area contributed by atoms with Crippen molar-refractivity contribution in [2.75, 3.05) is 0 Å². The minimum atomic E-state index is -0.334. The van der Waals surface area contributed by atoms with Crippen LogP contribution in [0.2, 0.25) is 0 Å². The Bertz CT molecular complexity index is 194. The van der Waals surface area contributed by atoms with Crippen LogP contribution in [0.3, 0.4) is 0 Å². The Morgan fingerprint density at radius 2 is 2.31 bits per heavy atom. The molecular weight excluding hydrogens is 281 g/mol. The minimum Gasteiger partial charge on any atom is -0.445 e. The lowest BCUT2D eigenvalue weighted by Crippen LogP contribution is -2.22. The molecule has 3 nitrogen and oxygen atoms in total. The molecule has 1 amide bonds. The standard InChI is InChI=1S/C9H14INO2/c10-11-9(12)13-8-6-4-2-1-3-5-7-8/h2,4,8H,1,3,5-7H2,(H,11,12)/b4-2+. The molecule has 0 aliphatic heterocycles. The third kappa shape index (κ3) is 4.50. The average Bonchev–Trinajstić information content (AvgIpc) is 2.09. The number of ether oxygens (including phenoxy) is 1. The Labute approximate surface area is 92.4 Å². The molecule has 0 radical (unpaired) electrons. The average molecular weight is 295 g/mol. The highest BCUT2D eigenvalue weighted by molar-refractivity contribution is 14.1. The summed E-state index contributed by atoms with van der Waals surface area (Å²) in [6, 6.07) is 0. The molecule has 0 saturated heterocycles. The minimum absolute atomic E-state index is 0.0614. The predicted octanol–water partition coefficient (Wildman–Crippen LogP) is 2.95. The van der Waals surface area contributed by atoms with E-state index in [1.807, 2.05) is 0 Å². The maximum absolute atomic E-state index is 10.9. The first-order valence-electron chi connectivity index (χ1n) is 4.55. The molecule has 1 aliphatic rings. The molecule has 1 N–H and O–H groups in total. The smallest absolute Gasteiger partial charge is 0.416 e. The summed E-state index contributed by atoms with van der Waals surface area (Å²) in [5.74, 6) is 0. The van der Waals surface area contributed by atoms with E-state index in [2.05, 4.69) is 15.7 Å². The van der Waals surface area contributed by atoms with Crippen LogP contribution in [0, 0.1) is 0 Å². The number of carbonyl (C=O) groups is 1. The molecule has 1 rings (SSSR count). The molecule has 1 aliphatic carbocycles. The lowest BCUT2D eigenvalue weighted by atomic mass is 10.0. The summed E-state index contributed by atoms with van der Waals surface area (Å²) in [6.07, 6.45) is 9.32. The molecule has 0 aromatic heterocycles. The fourth-order valence-electron chi connectivity index (χ4n) is 1.40. The summed E-state index contributed by atoms with van der Waals surface area (Å²) in [4.78, 5) is 10.9. The van der Waals surface area contributed by atoms with Crippen molar-refractivity contribution >= 4 is 29.0 Å². The maximum atomic E-state index is 10.9. The van der Waals surface area contributed by atoms with E-state index in [4.69, 9.17) is 4.74 Å². The van der Waals surface area contributed by atoms with Crippen LogP contribution in [0.5, 0.6) is 0 Å². The highest BCUT2D eigenvalue weighted by Gasteiger charge is 2.12. The van der Waals surface area contributed by atoms with Gasteiger partial charge >= 0.3 is 6.09 Å². The van der Waals surface area contributed by atoms with Crippen molar-refractivity contribution in [1.82, 2.24) is 3.53 Å². The zero-order valence-corrected chi connectivity index (χ0v) is 9.62. The van der Waals surface area contributed by atoms with Gasteiger partial charge in [0.15, 0.2) is 0 Å². The Hall–Kier alpha value is -0.260. The maximum Gasteiger partial charge on any atom is 0.416 e. The number of nitrogens with one attached hydrogen (secondary N) is 1. The number of rotatable bonds is 1. The molecule has 0 spiro atoms. The molecule has 0 bridgehead atoms. The number of allylic oxidation sites excluding steroid dienone is 1. The zero-order chi connectivity index (χ0) is 9.52. The van der Waals surface area contributed by atoms with Gasteiger partial charge in [0.25, 0.3) is 0 Å². The second-order valence-corrected chi connectivity index (χ2v) is 3.65. The largest absolute Gasteiger partial charge is 0.445 e. The van der Waals surface area contributed by atoms with Crippen molar-refractivity contribution in [3.8, 4) is 0 Å². The van der Waals surface area contributed by atoms with Gasteiger partial charge < -0.3 is 4.74 Å². The highest BCUT2D eigenvalue weighted by atomic mass is 127. The fraction of sp³-hybridized carbons (Fsp3) is 0.667. The van der Waals surface area contributed by atoms with Crippen LogP contribution in [0.25, 0.3) is 0 Å². The van der Waals surface area contributed by atoms with Gasteiger partial charge in [-0.15, -0.1) is 0 Å². The summed E-state index contributed by atoms with van der Waals surface area (Å²) < 4.78 is 7.60. The van der Waals surface area contributed by atoms with Gasteiger partial charge in [0.1, 0.15) is 6.10 Å². The Balaban J connectivity index is 2.33. The van der Waals surface area contributed by atoms with Crippen LogP contribution in [-0.2, 0) is 4.74 Å². The molecule has 0 saturated carbocycles. The van der Waals surface area contributed by atoms with Crippen LogP contribution in [-0.4, -0.2) is 12.2 Å². The highest BCUT2D eigenvalue weighted by Crippen LogP contribution is 2.15. The number of amides is 1. The molecule has 74 valence electrons. The predicted molar refractivity (Wildman–Crippen MR) is 59.6 cm³/mol. The zero-order valence-electron chi connectivity index (χ0n) is 7.46.